The van der Waals surface area contributed by atoms with Crippen LogP contribution in [0.4, 0.5) is 46.1 Å². The number of nitrogens with one attached hydrogen (secondary N) is 4. The van der Waals surface area contributed by atoms with Crippen molar-refractivity contribution in [1.29, 1.82) is 0 Å². The zero-order valence-electron chi connectivity index (χ0n) is 43.0. The number of carboxylic acid groups (broad SMARTS) is 1. The molecule has 18 nitrogen and oxygen atoms in total. The third kappa shape index (κ3) is 13.9. The number of fused-ring (bicyclic) bond motifs is 2. The molecule has 3 fully saturated rings. The lowest BCUT2D eigenvalue weighted by Crippen LogP contribution is -2.63. The number of carbonyl (C=O) groups is 4. The Morgan fingerprint density at radius 3 is 2.00 bits per heavy atom. The first-order valence-electron chi connectivity index (χ1n) is 24.6. The molecule has 4 aromatic rings. The van der Waals surface area contributed by atoms with Crippen LogP contribution in [0.15, 0.2) is 67.3 Å². The molecule has 0 spiro atoms. The van der Waals surface area contributed by atoms with Gasteiger partial charge in [0.15, 0.2) is 0 Å². The number of piperazine rings is 1. The minimum absolute atomic E-state index is 0.218. The van der Waals surface area contributed by atoms with E-state index in [1.165, 1.54) is 20.8 Å². The number of anilines is 1. The van der Waals surface area contributed by atoms with E-state index in [9.17, 15) is 51.3 Å². The number of carbonyl (C=O) groups excluding carboxylic acids is 3. The smallest absolute Gasteiger partial charge is 0.407 e. The lowest BCUT2D eigenvalue weighted by Gasteiger charge is -2.47. The Morgan fingerprint density at radius 2 is 1.48 bits per heavy atom. The minimum Gasteiger partial charge on any atom is -0.465 e. The van der Waals surface area contributed by atoms with Crippen molar-refractivity contribution in [3.8, 4) is 23.1 Å². The average Bonchev–Trinajstić information content (AvgIpc) is 3.95. The van der Waals surface area contributed by atoms with Crippen molar-refractivity contribution < 1.29 is 69.6 Å². The number of aromatic nitrogens is 3. The molecule has 2 aromatic carbocycles. The summed E-state index contributed by atoms with van der Waals surface area (Å²) in [5.74, 6) is 1.96. The third-order valence-electron chi connectivity index (χ3n) is 14.1. The molecule has 3 aliphatic heterocycles. The van der Waals surface area contributed by atoms with Crippen LogP contribution in [0, 0.1) is 34.3 Å². The first-order chi connectivity index (χ1) is 36.2. The fraction of sp³-hybridized carbons (Fsp3) is 0.500. The molecule has 3 saturated heterocycles. The molecule has 6 N–H and O–H groups in total. The maximum atomic E-state index is 16.0. The number of halogens is 7. The van der Waals surface area contributed by atoms with E-state index >= 15 is 8.78 Å². The molecule has 5 heterocycles. The zero-order chi connectivity index (χ0) is 56.1. The first-order valence-corrected chi connectivity index (χ1v) is 24.6. The summed E-state index contributed by atoms with van der Waals surface area (Å²) in [7, 11) is 0.871. The SMILES string of the molecule is COC(=O)N[C@H](C(=O)N[C@@H](Cc1ccc(C#Cc2ccc(N3CC4CCC(C3)N4C3COC3)nc2)cc1)[C@@H](O)CN(Cc1c(F)cc(-c2cn(C(F)F)cn2)cc1F)NC(=O)[C@@H](NC(=O)O)C(C)(C)C)C(C)(C)C(F)(F)F. The minimum atomic E-state index is -5.10. The van der Waals surface area contributed by atoms with Crippen LogP contribution in [-0.2, 0) is 32.0 Å². The highest BCUT2D eigenvalue weighted by Gasteiger charge is 2.56. The van der Waals surface area contributed by atoms with Gasteiger partial charge in [-0.05, 0) is 80.5 Å². The van der Waals surface area contributed by atoms with Crippen LogP contribution in [0.25, 0.3) is 11.3 Å². The number of imidazole rings is 1. The highest BCUT2D eigenvalue weighted by molar-refractivity contribution is 5.87. The van der Waals surface area contributed by atoms with Crippen molar-refractivity contribution in [3.63, 3.8) is 0 Å². The van der Waals surface area contributed by atoms with Crippen molar-refractivity contribution in [2.75, 3.05) is 44.9 Å². The number of aliphatic hydroxyl groups is 1. The molecule has 416 valence electrons. The predicted molar refractivity (Wildman–Crippen MR) is 265 cm³/mol. The summed E-state index contributed by atoms with van der Waals surface area (Å²) in [6, 6.07) is 7.64. The number of hydrogen-bond donors (Lipinski definition) is 6. The Bertz CT molecular complexity index is 2780. The summed E-state index contributed by atoms with van der Waals surface area (Å²) in [6.45, 7) is 4.36. The Hall–Kier alpha value is -7.01. The molecule has 2 bridgehead atoms. The Labute approximate surface area is 439 Å². The lowest BCUT2D eigenvalue weighted by molar-refractivity contribution is -0.220. The molecular weight excluding hydrogens is 1030 g/mol. The van der Waals surface area contributed by atoms with Gasteiger partial charge < -0.3 is 40.5 Å². The fourth-order valence-electron chi connectivity index (χ4n) is 9.55. The maximum Gasteiger partial charge on any atom is 0.407 e. The third-order valence-corrected chi connectivity index (χ3v) is 14.1. The number of nitrogens with zero attached hydrogens (tertiary/aromatic N) is 6. The Morgan fingerprint density at radius 1 is 0.857 bits per heavy atom. The van der Waals surface area contributed by atoms with Crippen molar-refractivity contribution in [2.24, 2.45) is 10.8 Å². The van der Waals surface area contributed by atoms with Gasteiger partial charge in [-0.25, -0.2) is 33.3 Å². The Balaban J connectivity index is 1.15. The van der Waals surface area contributed by atoms with E-state index in [0.29, 0.717) is 53.2 Å². The summed E-state index contributed by atoms with van der Waals surface area (Å²) < 4.78 is 113. The summed E-state index contributed by atoms with van der Waals surface area (Å²) >= 11 is 0. The van der Waals surface area contributed by atoms with Crippen molar-refractivity contribution in [1.82, 2.24) is 45.8 Å². The number of alkyl carbamates (subject to hydrolysis) is 1. The molecule has 4 amide bonds. The standard InChI is InChI=1S/C52H61F7N10O8/c1-50(2,3)43(63-48(73)74)46(72)65-68(23-36-37(53)18-32(19-38(36)54)40-24-67(28-61-40)47(55)56)25-41(70)39(62-45(71)44(64-49(75)76-6)51(4,5)52(57,58)59)17-30-10-7-29(8-11-30)9-12-31-13-16-42(60-20-31)66-21-33-14-15-34(22-66)69(33)35-26-77-27-35/h7-8,10-11,13,16,18-20,24,28,33-35,39,41,43-44,47,63,70H,14-15,17,21-23,25-27H2,1-6H3,(H,62,71)(H,64,75)(H,65,72)(H,73,74)/t33?,34?,39-,41-,43+,44+/m0/s1. The number of hydrogen-bond acceptors (Lipinski definition) is 12. The van der Waals surface area contributed by atoms with Crippen LogP contribution in [0.5, 0.6) is 0 Å². The molecule has 0 aliphatic carbocycles. The number of pyridine rings is 1. The normalized spacial score (nSPS) is 18.6. The van der Waals surface area contributed by atoms with Gasteiger partial charge in [-0.3, -0.25) is 24.5 Å². The van der Waals surface area contributed by atoms with Crippen molar-refractivity contribution in [2.45, 2.75) is 116 Å². The van der Waals surface area contributed by atoms with Gasteiger partial charge in [0.05, 0.1) is 55.9 Å². The van der Waals surface area contributed by atoms with E-state index in [2.05, 4.69) is 47.4 Å². The van der Waals surface area contributed by atoms with Crippen LogP contribution < -0.4 is 26.3 Å². The van der Waals surface area contributed by atoms with Gasteiger partial charge in [0.25, 0.3) is 5.91 Å². The highest BCUT2D eigenvalue weighted by atomic mass is 19.4. The number of hydrazine groups is 1. The van der Waals surface area contributed by atoms with E-state index in [1.54, 1.807) is 30.5 Å². The molecular formula is C52H61F7N10O8. The quantitative estimate of drug-likeness (QED) is 0.0385. The topological polar surface area (TPSA) is 216 Å². The van der Waals surface area contributed by atoms with Gasteiger partial charge in [0.2, 0.25) is 5.91 Å². The van der Waals surface area contributed by atoms with E-state index in [4.69, 9.17) is 9.72 Å². The van der Waals surface area contributed by atoms with Gasteiger partial charge in [0.1, 0.15) is 29.5 Å². The molecule has 3 aliphatic rings. The summed E-state index contributed by atoms with van der Waals surface area (Å²) in [5.41, 5.74) is -1.36. The van der Waals surface area contributed by atoms with Gasteiger partial charge in [0, 0.05) is 72.9 Å². The van der Waals surface area contributed by atoms with Crippen LogP contribution in [0.1, 0.15) is 76.3 Å². The number of rotatable bonds is 18. The first kappa shape index (κ1) is 57.7. The molecule has 2 unspecified atom stereocenters. The number of aliphatic hydroxyl groups excluding tert-OH is 1. The van der Waals surface area contributed by atoms with E-state index in [0.717, 1.165) is 81.7 Å². The van der Waals surface area contributed by atoms with Crippen LogP contribution in [0.2, 0.25) is 0 Å². The van der Waals surface area contributed by atoms with Crippen molar-refractivity contribution >= 4 is 29.8 Å². The molecule has 77 heavy (non-hydrogen) atoms. The van der Waals surface area contributed by atoms with Gasteiger partial charge in [-0.2, -0.15) is 22.0 Å². The molecule has 0 radical (unpaired) electrons. The average molecular weight is 1090 g/mol. The summed E-state index contributed by atoms with van der Waals surface area (Å²) in [6.07, 6.45) is -4.82. The molecule has 25 heteroatoms. The second-order valence-electron chi connectivity index (χ2n) is 21.0. The summed E-state index contributed by atoms with van der Waals surface area (Å²) in [5, 5.41) is 28.9. The Kier molecular flexibility index (Phi) is 17.8. The van der Waals surface area contributed by atoms with Crippen LogP contribution in [-0.4, -0.2) is 147 Å². The predicted octanol–water partition coefficient (Wildman–Crippen LogP) is 5.99. The lowest BCUT2D eigenvalue weighted by atomic mass is 9.82. The van der Waals surface area contributed by atoms with E-state index in [1.807, 2.05) is 17.4 Å². The number of alkyl halides is 5. The molecule has 2 aromatic heterocycles. The maximum absolute atomic E-state index is 16.0. The number of benzene rings is 2. The summed E-state index contributed by atoms with van der Waals surface area (Å²) in [4.78, 5) is 65.5. The molecule has 0 saturated carbocycles. The zero-order valence-corrected chi connectivity index (χ0v) is 43.0. The molecule has 7 rings (SSSR count). The van der Waals surface area contributed by atoms with Gasteiger partial charge in [-0.1, -0.05) is 44.7 Å². The molecule has 6 atom stereocenters. The van der Waals surface area contributed by atoms with E-state index in [-0.39, 0.29) is 17.7 Å². The monoisotopic (exact) mass is 1090 g/mol. The van der Waals surface area contributed by atoms with Gasteiger partial charge >= 0.3 is 24.9 Å². The number of methoxy groups -OCH3 is 1. The number of amides is 4. The van der Waals surface area contributed by atoms with Crippen LogP contribution in [0.3, 0.4) is 0 Å². The largest absolute Gasteiger partial charge is 0.465 e. The van der Waals surface area contributed by atoms with Crippen LogP contribution >= 0.6 is 0 Å². The van der Waals surface area contributed by atoms with Gasteiger partial charge in [-0.15, -0.1) is 0 Å². The number of ether oxygens (including phenoxy) is 2. The highest BCUT2D eigenvalue weighted by Crippen LogP contribution is 2.41. The van der Waals surface area contributed by atoms with Crippen molar-refractivity contribution in [3.05, 3.63) is 101 Å². The second kappa shape index (κ2) is 23.7. The second-order valence-corrected chi connectivity index (χ2v) is 21.0. The fourth-order valence-corrected chi connectivity index (χ4v) is 9.55. The van der Waals surface area contributed by atoms with E-state index < -0.39 is 102 Å².